The van der Waals surface area contributed by atoms with Gasteiger partial charge in [0, 0.05) is 4.47 Å². The van der Waals surface area contributed by atoms with Gasteiger partial charge in [-0.25, -0.2) is 4.98 Å². The Bertz CT molecular complexity index is 996. The number of hydrogen-bond acceptors (Lipinski definition) is 5. The molecular formula is C17H13BrN4O2. The van der Waals surface area contributed by atoms with E-state index in [2.05, 4.69) is 31.4 Å². The van der Waals surface area contributed by atoms with Crippen molar-refractivity contribution in [3.05, 3.63) is 69.2 Å². The second-order valence-electron chi connectivity index (χ2n) is 5.29. The summed E-state index contributed by atoms with van der Waals surface area (Å²) in [5.41, 5.74) is 4.31. The molecule has 0 atom stereocenters. The number of halogens is 1. The van der Waals surface area contributed by atoms with Gasteiger partial charge in [-0.05, 0) is 36.4 Å². The van der Waals surface area contributed by atoms with Crippen molar-refractivity contribution >= 4 is 38.4 Å². The van der Waals surface area contributed by atoms with E-state index in [9.17, 15) is 4.79 Å². The van der Waals surface area contributed by atoms with Crippen LogP contribution in [0.5, 0.6) is 0 Å². The highest BCUT2D eigenvalue weighted by molar-refractivity contribution is 9.10. The van der Waals surface area contributed by atoms with E-state index in [1.165, 1.54) is 0 Å². The van der Waals surface area contributed by atoms with E-state index in [1.54, 1.807) is 10.6 Å². The third-order valence-electron chi connectivity index (χ3n) is 3.74. The largest absolute Gasteiger partial charge is 0.472 e. The van der Waals surface area contributed by atoms with Crippen molar-refractivity contribution in [2.45, 2.75) is 6.54 Å². The van der Waals surface area contributed by atoms with Crippen LogP contribution >= 0.6 is 15.9 Å². The molecule has 0 bridgehead atoms. The van der Waals surface area contributed by atoms with Gasteiger partial charge in [0.1, 0.15) is 6.61 Å². The summed E-state index contributed by atoms with van der Waals surface area (Å²) < 4.78 is 8.20. The molecule has 0 saturated heterocycles. The van der Waals surface area contributed by atoms with Crippen molar-refractivity contribution in [1.82, 2.24) is 9.55 Å². The Morgan fingerprint density at radius 1 is 1.17 bits per heavy atom. The molecule has 0 saturated carbocycles. The minimum Gasteiger partial charge on any atom is -0.472 e. The molecule has 2 heterocycles. The average molecular weight is 385 g/mol. The molecule has 0 spiro atoms. The van der Waals surface area contributed by atoms with E-state index >= 15 is 0 Å². The number of hydrazone groups is 1. The van der Waals surface area contributed by atoms with Gasteiger partial charge in [0.05, 0.1) is 23.1 Å². The van der Waals surface area contributed by atoms with Crippen molar-refractivity contribution in [2.75, 3.05) is 12.0 Å². The molecule has 4 rings (SSSR count). The number of anilines is 1. The molecule has 0 radical (unpaired) electrons. The number of para-hydroxylation sites is 1. The lowest BCUT2D eigenvalue weighted by atomic mass is 10.2. The summed E-state index contributed by atoms with van der Waals surface area (Å²) in [6.07, 6.45) is 0. The van der Waals surface area contributed by atoms with Crippen LogP contribution in [-0.2, 0) is 11.3 Å². The molecule has 1 aliphatic rings. The Morgan fingerprint density at radius 2 is 1.96 bits per heavy atom. The highest BCUT2D eigenvalue weighted by Gasteiger charge is 2.21. The smallest absolute Gasteiger partial charge is 0.275 e. The third-order valence-corrected chi connectivity index (χ3v) is 4.27. The van der Waals surface area contributed by atoms with Crippen LogP contribution < -0.4 is 11.0 Å². The topological polar surface area (TPSA) is 68.5 Å². The predicted molar refractivity (Wildman–Crippen MR) is 96.3 cm³/mol. The van der Waals surface area contributed by atoms with Crippen LogP contribution in [0.15, 0.2) is 62.9 Å². The Morgan fingerprint density at radius 3 is 2.79 bits per heavy atom. The summed E-state index contributed by atoms with van der Waals surface area (Å²) in [4.78, 5) is 17.2. The third kappa shape index (κ3) is 2.67. The van der Waals surface area contributed by atoms with Gasteiger partial charge in [-0.3, -0.25) is 14.8 Å². The number of aromatic nitrogens is 2. The summed E-state index contributed by atoms with van der Waals surface area (Å²) >= 11 is 3.39. The molecule has 0 fully saturated rings. The number of rotatable bonds is 2. The standard InChI is InChI=1S/C17H13BrN4O2/c18-11-5-7-12(8-6-11)20-21-16-15-19-14-4-2-1-3-13(14)17(23)22(15)9-10-24-16/h1-8,20H,9-10H2/b21-16-. The molecule has 0 aliphatic carbocycles. The molecule has 1 N–H and O–H groups in total. The van der Waals surface area contributed by atoms with E-state index < -0.39 is 0 Å². The molecule has 7 heteroatoms. The van der Waals surface area contributed by atoms with Crippen molar-refractivity contribution < 1.29 is 4.74 Å². The van der Waals surface area contributed by atoms with Gasteiger partial charge in [-0.2, -0.15) is 0 Å². The molecular weight excluding hydrogens is 372 g/mol. The molecule has 120 valence electrons. The highest BCUT2D eigenvalue weighted by atomic mass is 79.9. The predicted octanol–water partition coefficient (Wildman–Crippen LogP) is 2.96. The number of benzene rings is 2. The van der Waals surface area contributed by atoms with Gasteiger partial charge in [0.25, 0.3) is 11.5 Å². The van der Waals surface area contributed by atoms with Gasteiger partial charge >= 0.3 is 0 Å². The van der Waals surface area contributed by atoms with Crippen LogP contribution in [0.4, 0.5) is 5.69 Å². The van der Waals surface area contributed by atoms with E-state index in [0.29, 0.717) is 35.8 Å². The monoisotopic (exact) mass is 384 g/mol. The molecule has 0 unspecified atom stereocenters. The first-order chi connectivity index (χ1) is 11.7. The number of nitrogens with zero attached hydrogens (tertiary/aromatic N) is 3. The maximum absolute atomic E-state index is 12.6. The van der Waals surface area contributed by atoms with Crippen molar-refractivity contribution in [3.63, 3.8) is 0 Å². The number of nitrogens with one attached hydrogen (secondary N) is 1. The minimum atomic E-state index is -0.0739. The van der Waals surface area contributed by atoms with Crippen LogP contribution in [0.25, 0.3) is 10.9 Å². The zero-order valence-electron chi connectivity index (χ0n) is 12.6. The Labute approximate surface area is 145 Å². The van der Waals surface area contributed by atoms with E-state index in [0.717, 1.165) is 10.2 Å². The SMILES string of the molecule is O=c1c2ccccc2nc2n1CCO/C2=N\Nc1ccc(Br)cc1. The summed E-state index contributed by atoms with van der Waals surface area (Å²) in [5.74, 6) is 0.751. The normalized spacial score (nSPS) is 15.1. The number of fused-ring (bicyclic) bond motifs is 2. The Balaban J connectivity index is 1.76. The fourth-order valence-electron chi connectivity index (χ4n) is 2.56. The average Bonchev–Trinajstić information content (AvgIpc) is 2.62. The van der Waals surface area contributed by atoms with E-state index in [1.807, 2.05) is 42.5 Å². The van der Waals surface area contributed by atoms with Crippen LogP contribution in [0.1, 0.15) is 5.82 Å². The summed E-state index contributed by atoms with van der Waals surface area (Å²) in [5, 5.41) is 4.88. The Hall–Kier alpha value is -2.67. The maximum atomic E-state index is 12.6. The highest BCUT2D eigenvalue weighted by Crippen LogP contribution is 2.15. The zero-order chi connectivity index (χ0) is 16.5. The Kier molecular flexibility index (Phi) is 3.78. The molecule has 6 nitrogen and oxygen atoms in total. The van der Waals surface area contributed by atoms with Crippen molar-refractivity contribution in [1.29, 1.82) is 0 Å². The maximum Gasteiger partial charge on any atom is 0.275 e. The van der Waals surface area contributed by atoms with Crippen LogP contribution in [0.2, 0.25) is 0 Å². The first kappa shape index (κ1) is 14.9. The molecule has 3 aromatic rings. The van der Waals surface area contributed by atoms with E-state index in [4.69, 9.17) is 4.74 Å². The van der Waals surface area contributed by atoms with Crippen LogP contribution in [0, 0.1) is 0 Å². The lowest BCUT2D eigenvalue weighted by Crippen LogP contribution is -2.35. The van der Waals surface area contributed by atoms with Crippen molar-refractivity contribution in [2.24, 2.45) is 5.10 Å². The molecule has 24 heavy (non-hydrogen) atoms. The van der Waals surface area contributed by atoms with Gasteiger partial charge < -0.3 is 4.74 Å². The summed E-state index contributed by atoms with van der Waals surface area (Å²) in [7, 11) is 0. The molecule has 1 aliphatic heterocycles. The molecule has 0 amide bonds. The van der Waals surface area contributed by atoms with Gasteiger partial charge in [0.15, 0.2) is 0 Å². The fraction of sp³-hybridized carbons (Fsp3) is 0.118. The number of hydrogen-bond donors (Lipinski definition) is 1. The fourth-order valence-corrected chi connectivity index (χ4v) is 2.82. The van der Waals surface area contributed by atoms with Gasteiger partial charge in [-0.15, -0.1) is 5.10 Å². The molecule has 2 aromatic carbocycles. The minimum absolute atomic E-state index is 0.0739. The summed E-state index contributed by atoms with van der Waals surface area (Å²) in [6.45, 7) is 0.844. The quantitative estimate of drug-likeness (QED) is 0.689. The lowest BCUT2D eigenvalue weighted by molar-refractivity contribution is 0.259. The number of ether oxygens (including phenoxy) is 1. The van der Waals surface area contributed by atoms with Gasteiger partial charge in [0.2, 0.25) is 5.82 Å². The first-order valence-corrected chi connectivity index (χ1v) is 8.24. The first-order valence-electron chi connectivity index (χ1n) is 7.44. The summed E-state index contributed by atoms with van der Waals surface area (Å²) in [6, 6.07) is 14.9. The molecule has 1 aromatic heterocycles. The zero-order valence-corrected chi connectivity index (χ0v) is 14.2. The van der Waals surface area contributed by atoms with Crippen LogP contribution in [0.3, 0.4) is 0 Å². The van der Waals surface area contributed by atoms with Gasteiger partial charge in [-0.1, -0.05) is 28.1 Å². The van der Waals surface area contributed by atoms with Crippen LogP contribution in [-0.4, -0.2) is 22.1 Å². The second-order valence-corrected chi connectivity index (χ2v) is 6.21. The lowest BCUT2D eigenvalue weighted by Gasteiger charge is -2.20. The van der Waals surface area contributed by atoms with E-state index in [-0.39, 0.29) is 5.56 Å². The second kappa shape index (κ2) is 6.09. The van der Waals surface area contributed by atoms with Crippen molar-refractivity contribution in [3.8, 4) is 0 Å².